The van der Waals surface area contributed by atoms with Crippen molar-refractivity contribution in [3.8, 4) is 0 Å². The van der Waals surface area contributed by atoms with Gasteiger partial charge < -0.3 is 9.73 Å². The molecule has 1 aromatic rings. The van der Waals surface area contributed by atoms with Crippen LogP contribution < -0.4 is 5.32 Å². The van der Waals surface area contributed by atoms with Crippen molar-refractivity contribution in [1.82, 2.24) is 5.32 Å². The molecule has 1 rings (SSSR count). The van der Waals surface area contributed by atoms with Gasteiger partial charge in [0.25, 0.3) is 0 Å². The Morgan fingerprint density at radius 1 is 1.60 bits per heavy atom. The van der Waals surface area contributed by atoms with Crippen LogP contribution in [0.15, 0.2) is 16.7 Å². The first-order valence-corrected chi connectivity index (χ1v) is 6.88. The Kier molecular flexibility index (Phi) is 5.05. The third kappa shape index (κ3) is 4.62. The summed E-state index contributed by atoms with van der Waals surface area (Å²) in [5.74, 6) is 1.74. The van der Waals surface area contributed by atoms with Crippen molar-refractivity contribution in [1.29, 1.82) is 0 Å². The molecule has 3 nitrogen and oxygen atoms in total. The maximum atomic E-state index is 10.9. The summed E-state index contributed by atoms with van der Waals surface area (Å²) in [7, 11) is -0.694. The van der Waals surface area contributed by atoms with E-state index < -0.39 is 10.8 Å². The molecular formula is C11H19NO2S. The van der Waals surface area contributed by atoms with Crippen molar-refractivity contribution in [3.63, 3.8) is 0 Å². The van der Waals surface area contributed by atoms with Crippen molar-refractivity contribution in [2.45, 2.75) is 32.9 Å². The quantitative estimate of drug-likeness (QED) is 0.809. The highest BCUT2D eigenvalue weighted by molar-refractivity contribution is 7.84. The normalized spacial score (nSPS) is 15.1. The molecule has 0 fully saturated rings. The van der Waals surface area contributed by atoms with Gasteiger partial charge in [-0.2, -0.15) is 0 Å². The second-order valence-corrected chi connectivity index (χ2v) is 5.43. The Morgan fingerprint density at radius 2 is 2.33 bits per heavy atom. The maximum Gasteiger partial charge on any atom is 0.120 e. The smallest absolute Gasteiger partial charge is 0.120 e. The molecule has 0 aromatic carbocycles. The van der Waals surface area contributed by atoms with E-state index in [1.54, 1.807) is 12.5 Å². The maximum absolute atomic E-state index is 10.9. The van der Waals surface area contributed by atoms with Crippen LogP contribution in [-0.4, -0.2) is 22.3 Å². The molecule has 86 valence electrons. The van der Waals surface area contributed by atoms with Crippen molar-refractivity contribution >= 4 is 10.8 Å². The summed E-state index contributed by atoms with van der Waals surface area (Å²) in [5.41, 5.74) is 1.17. The van der Waals surface area contributed by atoms with E-state index in [4.69, 9.17) is 4.42 Å². The summed E-state index contributed by atoms with van der Waals surface area (Å²) < 4.78 is 16.2. The third-order valence-electron chi connectivity index (χ3n) is 2.42. The Balaban J connectivity index is 2.25. The van der Waals surface area contributed by atoms with E-state index in [1.807, 2.05) is 13.0 Å². The zero-order chi connectivity index (χ0) is 11.3. The van der Waals surface area contributed by atoms with Gasteiger partial charge in [-0.3, -0.25) is 4.21 Å². The first kappa shape index (κ1) is 12.5. The van der Waals surface area contributed by atoms with Gasteiger partial charge in [0.15, 0.2) is 0 Å². The first-order chi connectivity index (χ1) is 7.09. The lowest BCUT2D eigenvalue weighted by atomic mass is 10.2. The van der Waals surface area contributed by atoms with Crippen molar-refractivity contribution in [2.75, 3.05) is 12.0 Å². The van der Waals surface area contributed by atoms with Crippen LogP contribution in [0.1, 0.15) is 24.7 Å². The average Bonchev–Trinajstić information content (AvgIpc) is 2.58. The molecule has 0 saturated carbocycles. The highest BCUT2D eigenvalue weighted by Crippen LogP contribution is 2.08. The van der Waals surface area contributed by atoms with E-state index in [9.17, 15) is 4.21 Å². The SMILES string of the molecule is Cc1ccoc1CNC(C)CCS(C)=O. The van der Waals surface area contributed by atoms with Gasteiger partial charge in [0, 0.05) is 28.9 Å². The number of rotatable bonds is 6. The minimum atomic E-state index is -0.694. The predicted octanol–water partition coefficient (Wildman–Crippen LogP) is 1.83. The number of nitrogens with one attached hydrogen (secondary N) is 1. The second-order valence-electron chi connectivity index (χ2n) is 3.87. The molecule has 0 bridgehead atoms. The molecule has 0 aliphatic heterocycles. The molecule has 0 spiro atoms. The van der Waals surface area contributed by atoms with Gasteiger partial charge >= 0.3 is 0 Å². The highest BCUT2D eigenvalue weighted by Gasteiger charge is 2.05. The lowest BCUT2D eigenvalue weighted by molar-refractivity contribution is 0.448. The Hall–Kier alpha value is -0.610. The fourth-order valence-electron chi connectivity index (χ4n) is 1.30. The molecule has 0 radical (unpaired) electrons. The largest absolute Gasteiger partial charge is 0.468 e. The van der Waals surface area contributed by atoms with Crippen LogP contribution in [-0.2, 0) is 17.3 Å². The zero-order valence-corrected chi connectivity index (χ0v) is 10.4. The topological polar surface area (TPSA) is 42.2 Å². The Morgan fingerprint density at radius 3 is 2.87 bits per heavy atom. The lowest BCUT2D eigenvalue weighted by Crippen LogP contribution is -2.27. The van der Waals surface area contributed by atoms with Crippen LogP contribution >= 0.6 is 0 Å². The summed E-state index contributed by atoms with van der Waals surface area (Å²) in [6.07, 6.45) is 4.38. The molecule has 0 saturated heterocycles. The fraction of sp³-hybridized carbons (Fsp3) is 0.636. The van der Waals surface area contributed by atoms with Crippen LogP contribution in [0.25, 0.3) is 0 Å². The molecule has 1 N–H and O–H groups in total. The van der Waals surface area contributed by atoms with Crippen LogP contribution in [0.5, 0.6) is 0 Å². The summed E-state index contributed by atoms with van der Waals surface area (Å²) in [6.45, 7) is 4.88. The molecule has 0 aliphatic rings. The molecule has 1 aromatic heterocycles. The first-order valence-electron chi connectivity index (χ1n) is 5.16. The summed E-state index contributed by atoms with van der Waals surface area (Å²) in [5, 5.41) is 3.35. The fourth-order valence-corrected chi connectivity index (χ4v) is 1.98. The van der Waals surface area contributed by atoms with Crippen LogP contribution in [0.2, 0.25) is 0 Å². The molecule has 2 atom stereocenters. The molecular weight excluding hydrogens is 210 g/mol. The van der Waals surface area contributed by atoms with Gasteiger partial charge in [-0.15, -0.1) is 0 Å². The zero-order valence-electron chi connectivity index (χ0n) is 9.58. The number of furan rings is 1. The van der Waals surface area contributed by atoms with E-state index in [0.29, 0.717) is 6.04 Å². The van der Waals surface area contributed by atoms with E-state index in [-0.39, 0.29) is 0 Å². The molecule has 4 heteroatoms. The third-order valence-corrected chi connectivity index (χ3v) is 3.23. The van der Waals surface area contributed by atoms with Gasteiger partial charge in [0.05, 0.1) is 12.8 Å². The summed E-state index contributed by atoms with van der Waals surface area (Å²) >= 11 is 0. The van der Waals surface area contributed by atoms with Gasteiger partial charge in [-0.05, 0) is 31.9 Å². The minimum absolute atomic E-state index is 0.374. The lowest BCUT2D eigenvalue weighted by Gasteiger charge is -2.11. The van der Waals surface area contributed by atoms with Gasteiger partial charge in [0.2, 0.25) is 0 Å². The highest BCUT2D eigenvalue weighted by atomic mass is 32.2. The molecule has 0 amide bonds. The van der Waals surface area contributed by atoms with Crippen LogP contribution in [0, 0.1) is 6.92 Å². The van der Waals surface area contributed by atoms with Crippen LogP contribution in [0.4, 0.5) is 0 Å². The summed E-state index contributed by atoms with van der Waals surface area (Å²) in [4.78, 5) is 0. The minimum Gasteiger partial charge on any atom is -0.468 e. The van der Waals surface area contributed by atoms with E-state index in [0.717, 1.165) is 24.5 Å². The van der Waals surface area contributed by atoms with E-state index in [2.05, 4.69) is 12.2 Å². The van der Waals surface area contributed by atoms with Crippen molar-refractivity contribution in [2.24, 2.45) is 0 Å². The Labute approximate surface area is 93.7 Å². The van der Waals surface area contributed by atoms with Crippen LogP contribution in [0.3, 0.4) is 0 Å². The second kappa shape index (κ2) is 6.08. The van der Waals surface area contributed by atoms with Gasteiger partial charge in [-0.25, -0.2) is 0 Å². The number of aryl methyl sites for hydroxylation is 1. The van der Waals surface area contributed by atoms with Crippen molar-refractivity contribution < 1.29 is 8.63 Å². The summed E-state index contributed by atoms with van der Waals surface area (Å²) in [6, 6.07) is 2.33. The van der Waals surface area contributed by atoms with Gasteiger partial charge in [-0.1, -0.05) is 0 Å². The molecule has 15 heavy (non-hydrogen) atoms. The predicted molar refractivity (Wildman–Crippen MR) is 63.3 cm³/mol. The van der Waals surface area contributed by atoms with Crippen molar-refractivity contribution in [3.05, 3.63) is 23.7 Å². The molecule has 2 unspecified atom stereocenters. The molecule has 0 aliphatic carbocycles. The van der Waals surface area contributed by atoms with E-state index >= 15 is 0 Å². The van der Waals surface area contributed by atoms with Gasteiger partial charge in [0.1, 0.15) is 5.76 Å². The van der Waals surface area contributed by atoms with E-state index in [1.165, 1.54) is 5.56 Å². The monoisotopic (exact) mass is 229 g/mol. The molecule has 1 heterocycles. The average molecular weight is 229 g/mol. The number of hydrogen-bond donors (Lipinski definition) is 1. The number of hydrogen-bond acceptors (Lipinski definition) is 3. The standard InChI is InChI=1S/C11H19NO2S/c1-9-4-6-14-11(9)8-12-10(2)5-7-15(3)13/h4,6,10,12H,5,7-8H2,1-3H3. The Bertz CT molecular complexity index is 322.